The van der Waals surface area contributed by atoms with Crippen molar-refractivity contribution < 1.29 is 98.6 Å². The average Bonchev–Trinajstić information content (AvgIpc) is 0.860. The molecule has 0 unspecified atom stereocenters. The van der Waals surface area contributed by atoms with Gasteiger partial charge < -0.3 is 52.9 Å². The Morgan fingerprint density at radius 1 is 0.388 bits per heavy atom. The number of Topliss-reactive ketones (excluding diaryl/α,β-unsaturated/α-hetero) is 4. The van der Waals surface area contributed by atoms with Gasteiger partial charge in [0, 0.05) is 136 Å². The van der Waals surface area contributed by atoms with Crippen LogP contribution in [-0.4, -0.2) is 116 Å². The van der Waals surface area contributed by atoms with Crippen molar-refractivity contribution in [3.05, 3.63) is 257 Å². The average molecular weight is 1750 g/mol. The number of anilines is 4. The molecular weight excluding hydrogens is 1620 g/mol. The quantitative estimate of drug-likeness (QED) is 0.00658. The van der Waals surface area contributed by atoms with Gasteiger partial charge in [-0.3, -0.25) is 34.1 Å². The van der Waals surface area contributed by atoms with Crippen molar-refractivity contribution in [1.82, 2.24) is 10.6 Å². The second kappa shape index (κ2) is 53.9. The Morgan fingerprint density at radius 3 is 0.876 bits per heavy atom. The molecule has 8 aromatic rings. The molecule has 20 nitrogen and oxygen atoms in total. The van der Waals surface area contributed by atoms with Crippen molar-refractivity contribution >= 4 is 131 Å². The number of rotatable bonds is 31. The summed E-state index contributed by atoms with van der Waals surface area (Å²) in [4.78, 5) is 110. The van der Waals surface area contributed by atoms with Crippen LogP contribution in [-0.2, 0) is 49.5 Å². The summed E-state index contributed by atoms with van der Waals surface area (Å²) in [6.07, 6.45) is 4.45. The normalized spacial score (nSPS) is 11.7. The van der Waals surface area contributed by atoms with E-state index in [1.54, 1.807) is 72.8 Å². The van der Waals surface area contributed by atoms with Gasteiger partial charge in [0.05, 0.1) is 14.2 Å². The number of esters is 2. The molecule has 0 aromatic heterocycles. The zero-order valence-electron chi connectivity index (χ0n) is 72.3. The van der Waals surface area contributed by atoms with E-state index in [0.29, 0.717) is 116 Å². The number of nitrogen functional groups attached to an aromatic ring is 1. The number of methoxy groups -OCH3 is 2. The number of hydrogen-bond acceptors (Lipinski definition) is 15. The fourth-order valence-corrected chi connectivity index (χ4v) is 12.9. The van der Waals surface area contributed by atoms with Gasteiger partial charge in [0.15, 0.2) is 23.1 Å². The first kappa shape index (κ1) is 110. The Kier molecular flexibility index (Phi) is 49.1. The van der Waals surface area contributed by atoms with Crippen LogP contribution < -0.4 is 61.9 Å². The van der Waals surface area contributed by atoms with Gasteiger partial charge >= 0.3 is 59.7 Å². The fourth-order valence-electron chi connectivity index (χ4n) is 12.2. The predicted octanol–water partition coefficient (Wildman–Crippen LogP) is 19.0. The van der Waals surface area contributed by atoms with E-state index in [2.05, 4.69) is 26.6 Å². The number of aryl methyl sites for hydroxylation is 4. The molecule has 8 rings (SSSR count). The van der Waals surface area contributed by atoms with Crippen LogP contribution in [0.25, 0.3) is 0 Å². The Hall–Kier alpha value is -8.87. The molecule has 5 amide bonds. The van der Waals surface area contributed by atoms with Crippen LogP contribution in [0.4, 0.5) is 37.1 Å². The molecule has 26 heteroatoms. The van der Waals surface area contributed by atoms with Crippen LogP contribution in [0.1, 0.15) is 216 Å². The molecule has 649 valence electrons. The third kappa shape index (κ3) is 42.7. The number of ketones is 4. The van der Waals surface area contributed by atoms with Crippen molar-refractivity contribution in [1.29, 1.82) is 0 Å². The number of aliphatic hydroxyl groups is 2. The first-order valence-corrected chi connectivity index (χ1v) is 40.3. The van der Waals surface area contributed by atoms with Crippen LogP contribution in [0.15, 0.2) is 170 Å². The van der Waals surface area contributed by atoms with Gasteiger partial charge in [-0.25, -0.2) is 14.4 Å². The van der Waals surface area contributed by atoms with E-state index in [0.717, 1.165) is 44.5 Å². The van der Waals surface area contributed by atoms with E-state index in [1.165, 1.54) is 14.2 Å². The largest absolute Gasteiger partial charge is 1.00 e. The zero-order chi connectivity index (χ0) is 86.9. The smallest absolute Gasteiger partial charge is 1.00 e. The van der Waals surface area contributed by atoms with Crippen molar-refractivity contribution in [2.45, 2.75) is 199 Å². The predicted molar refractivity (Wildman–Crippen MR) is 490 cm³/mol. The molecule has 0 aliphatic rings. The van der Waals surface area contributed by atoms with Crippen LogP contribution in [0, 0.1) is 51.4 Å². The monoisotopic (exact) mass is 1750 g/mol. The Bertz CT molecular complexity index is 4510. The van der Waals surface area contributed by atoms with Crippen LogP contribution in [0.3, 0.4) is 0 Å². The molecule has 8 aromatic carbocycles. The number of carbonyl (C=O) groups excluding carboxylic acids is 9. The van der Waals surface area contributed by atoms with Gasteiger partial charge in [0.2, 0.25) is 0 Å². The summed E-state index contributed by atoms with van der Waals surface area (Å²) in [5.41, 5.74) is 17.2. The summed E-state index contributed by atoms with van der Waals surface area (Å²) in [7, 11) is 2.69. The Balaban J connectivity index is 0.00000158. The third-order valence-electron chi connectivity index (χ3n) is 18.4. The zero-order valence-corrected chi connectivity index (χ0v) is 76.4. The molecule has 9 N–H and O–H groups in total. The SMILES string of the molecule is C.C.COC(=O)C[C@@H](CC(=O)c1ccc(C)c(Cl)c1)Cc1ccc(N)cc1.COC(=O)C[C@@H](CC(=O)c1ccc(C)c(Cl)c1)Cc1ccc(NC(=O)NC(C)(C)C)cc1.Cc1ccc(C(=O)C[C@H](CCO)Cc2ccc(NC(=O)NC(C)(C)C)cc2)cc1Cl.Cc1ccc(C(=O)C[C@H](CCO)Cc2ccc(NC(=O)OC(C)(C)C)cc2)cc1Cl.[B].[H-].[Na+]. The summed E-state index contributed by atoms with van der Waals surface area (Å²) in [5, 5.41) is 35.1. The molecule has 0 saturated carbocycles. The number of amides is 5. The molecule has 0 bridgehead atoms. The molecule has 121 heavy (non-hydrogen) atoms. The summed E-state index contributed by atoms with van der Waals surface area (Å²) in [5.74, 6) is -1.10. The van der Waals surface area contributed by atoms with E-state index in [1.807, 2.05) is 187 Å². The minimum atomic E-state index is -0.560. The van der Waals surface area contributed by atoms with Gasteiger partial charge in [-0.05, 0) is 270 Å². The van der Waals surface area contributed by atoms with E-state index >= 15 is 0 Å². The summed E-state index contributed by atoms with van der Waals surface area (Å²) >= 11 is 24.5. The maximum atomic E-state index is 12.8. The molecule has 4 atom stereocenters. The summed E-state index contributed by atoms with van der Waals surface area (Å²) in [6.45, 7) is 24.5. The van der Waals surface area contributed by atoms with E-state index in [4.69, 9.17) is 66.3 Å². The molecule has 0 aliphatic carbocycles. The topological polar surface area (TPSA) is 308 Å². The number of benzene rings is 8. The Labute approximate surface area is 762 Å². The number of carbonyl (C=O) groups is 9. The molecule has 0 heterocycles. The van der Waals surface area contributed by atoms with E-state index in [-0.39, 0.29) is 175 Å². The standard InChI is InChI=1S/C25H31ClN2O4.C24H31ClN2O3.C24H30ClNO4.C20H22ClNO3.2CH4.B.Na.H/c1-16-6-9-19(15-21(16)26)22(29)13-18(14-23(30)32-5)12-17-7-10-20(11-8-17)27-24(31)28-25(2,3)4;1-16-5-8-19(15-21(16)25)22(29)14-18(11-12-28)13-17-6-9-20(10-7-17)26-23(30)27-24(2,3)4;1-16-5-8-19(15-21(16)25)22(28)14-18(11-12-27)13-17-6-9-20(10-7-17)26-23(29)30-24(2,3)4;1-13-3-6-16(12-18(13)21)19(23)10-15(11-20(24)25-2)9-14-4-7-17(22)8-5-14;;;;;/h6-11,15,18H,12-14H2,1-5H3,(H2,27,28,31);5-10,15,18,28H,11-14H2,1-4H3,(H2,26,27,30);5-10,15,18,27H,11-14H2,1-4H3,(H,26,29);3-8,12,15H,9-11,22H2,1-2H3;2*1H4;;;/q;;;;;;;+1;-1/t3*18-;15-;;;;;/m1111...../s1. The molecular formula is C95H123BCl4N6NaO14. The number of nitrogens with one attached hydrogen (secondary N) is 5. The number of ether oxygens (including phenoxy) is 3. The van der Waals surface area contributed by atoms with Gasteiger partial charge in [-0.1, -0.05) is 158 Å². The van der Waals surface area contributed by atoms with Crippen molar-refractivity contribution in [2.75, 3.05) is 49.1 Å². The number of urea groups is 2. The van der Waals surface area contributed by atoms with Gasteiger partial charge in [-0.2, -0.15) is 0 Å². The van der Waals surface area contributed by atoms with Crippen LogP contribution >= 0.6 is 46.4 Å². The second-order valence-electron chi connectivity index (χ2n) is 32.3. The van der Waals surface area contributed by atoms with Gasteiger partial charge in [-0.15, -0.1) is 0 Å². The minimum absolute atomic E-state index is 0. The van der Waals surface area contributed by atoms with Gasteiger partial charge in [0.1, 0.15) is 5.60 Å². The molecule has 0 fully saturated rings. The molecule has 0 saturated heterocycles. The maximum Gasteiger partial charge on any atom is 1.00 e. The first-order valence-electron chi connectivity index (χ1n) is 38.8. The number of halogens is 4. The molecule has 0 spiro atoms. The number of nitrogens with two attached hydrogens (primary N) is 1. The molecule has 0 aliphatic heterocycles. The van der Waals surface area contributed by atoms with Crippen molar-refractivity contribution in [3.8, 4) is 0 Å². The van der Waals surface area contributed by atoms with Crippen LogP contribution in [0.5, 0.6) is 0 Å². The van der Waals surface area contributed by atoms with Crippen molar-refractivity contribution in [2.24, 2.45) is 23.7 Å². The maximum absolute atomic E-state index is 12.8. The van der Waals surface area contributed by atoms with Crippen molar-refractivity contribution in [3.63, 3.8) is 0 Å². The van der Waals surface area contributed by atoms with Gasteiger partial charge in [0.25, 0.3) is 0 Å². The summed E-state index contributed by atoms with van der Waals surface area (Å²) < 4.78 is 14.8. The third-order valence-corrected chi connectivity index (χ3v) is 20.0. The summed E-state index contributed by atoms with van der Waals surface area (Å²) in [6, 6.07) is 50.4. The number of aliphatic hydroxyl groups excluding tert-OH is 2. The molecule has 3 radical (unpaired) electrons. The van der Waals surface area contributed by atoms with E-state index < -0.39 is 11.7 Å². The fraction of sp³-hybridized carbons (Fsp3) is 0.400. The number of hydrogen-bond donors (Lipinski definition) is 8. The van der Waals surface area contributed by atoms with E-state index in [9.17, 15) is 53.4 Å². The van der Waals surface area contributed by atoms with Crippen LogP contribution in [0.2, 0.25) is 20.1 Å². The second-order valence-corrected chi connectivity index (χ2v) is 34.0. The minimum Gasteiger partial charge on any atom is -1.00 e. The first-order chi connectivity index (χ1) is 55.0. The Morgan fingerprint density at radius 2 is 0.636 bits per heavy atom.